The molecular weight excluding hydrogens is 440 g/mol. The second-order valence-electron chi connectivity index (χ2n) is 14.5. The number of hydrogen-bond acceptors (Lipinski definition) is 5. The number of carbonyl (C=O) groups is 1. The van der Waals surface area contributed by atoms with Crippen molar-refractivity contribution in [1.82, 2.24) is 0 Å². The molecule has 0 aliphatic heterocycles. The van der Waals surface area contributed by atoms with E-state index in [1.165, 1.54) is 25.0 Å². The van der Waals surface area contributed by atoms with Crippen LogP contribution in [0.4, 0.5) is 0 Å². The van der Waals surface area contributed by atoms with Gasteiger partial charge < -0.3 is 20.4 Å². The van der Waals surface area contributed by atoms with Gasteiger partial charge in [-0.2, -0.15) is 0 Å². The van der Waals surface area contributed by atoms with Gasteiger partial charge in [-0.25, -0.2) is 0 Å². The number of hydrogen-bond donors (Lipinski definition) is 4. The first-order valence-electron chi connectivity index (χ1n) is 13.9. The average Bonchev–Trinajstić information content (AvgIpc) is 3.07. The summed E-state index contributed by atoms with van der Waals surface area (Å²) < 4.78 is 0. The van der Waals surface area contributed by atoms with Gasteiger partial charge in [0.25, 0.3) is 0 Å². The zero-order chi connectivity index (χ0) is 26.4. The SMILES string of the molecule is C[C@H](C[C@@H](O)[C@H](O)C(C)(C)O)C1=C2C[C@H](O)[C@H]3[C@@]4(C)CCC(=O)C(C)(C)[C@@H]4CC[C@]3(C)[C@@]2(C)CC1. The number of allylic oxidation sites excluding steroid dienone is 1. The van der Waals surface area contributed by atoms with Crippen molar-refractivity contribution >= 4 is 5.78 Å². The van der Waals surface area contributed by atoms with E-state index in [1.54, 1.807) is 0 Å². The van der Waals surface area contributed by atoms with Crippen LogP contribution in [0, 0.1) is 39.4 Å². The van der Waals surface area contributed by atoms with Crippen molar-refractivity contribution < 1.29 is 25.2 Å². The Morgan fingerprint density at radius 1 is 1.03 bits per heavy atom. The average molecular weight is 491 g/mol. The normalized spacial score (nSPS) is 43.8. The molecule has 0 radical (unpaired) electrons. The Bertz CT molecular complexity index is 899. The van der Waals surface area contributed by atoms with Crippen molar-refractivity contribution in [3.8, 4) is 0 Å². The van der Waals surface area contributed by atoms with Gasteiger partial charge >= 0.3 is 0 Å². The van der Waals surface area contributed by atoms with Crippen LogP contribution < -0.4 is 0 Å². The molecule has 0 spiro atoms. The van der Waals surface area contributed by atoms with Gasteiger partial charge in [0.15, 0.2) is 0 Å². The topological polar surface area (TPSA) is 98.0 Å². The van der Waals surface area contributed by atoms with Gasteiger partial charge in [-0.1, -0.05) is 52.7 Å². The summed E-state index contributed by atoms with van der Waals surface area (Å²) in [6, 6.07) is 0. The van der Waals surface area contributed by atoms with Gasteiger partial charge in [0.05, 0.1) is 17.8 Å². The molecule has 4 N–H and O–H groups in total. The molecule has 4 aliphatic rings. The van der Waals surface area contributed by atoms with Crippen LogP contribution in [0.25, 0.3) is 0 Å². The Balaban J connectivity index is 1.68. The molecule has 4 aliphatic carbocycles. The zero-order valence-corrected chi connectivity index (χ0v) is 23.3. The lowest BCUT2D eigenvalue weighted by Gasteiger charge is -2.69. The van der Waals surface area contributed by atoms with Crippen LogP contribution >= 0.6 is 0 Å². The Labute approximate surface area is 212 Å². The summed E-state index contributed by atoms with van der Waals surface area (Å²) in [7, 11) is 0. The highest BCUT2D eigenvalue weighted by Crippen LogP contribution is 2.74. The minimum Gasteiger partial charge on any atom is -0.392 e. The van der Waals surface area contributed by atoms with Crippen LogP contribution in [0.3, 0.4) is 0 Å². The van der Waals surface area contributed by atoms with Crippen molar-refractivity contribution in [1.29, 1.82) is 0 Å². The third-order valence-corrected chi connectivity index (χ3v) is 11.9. The maximum absolute atomic E-state index is 12.9. The monoisotopic (exact) mass is 490 g/mol. The van der Waals surface area contributed by atoms with E-state index in [0.717, 1.165) is 32.1 Å². The molecular formula is C30H50O5. The number of rotatable bonds is 5. The van der Waals surface area contributed by atoms with Crippen LogP contribution in [-0.2, 0) is 4.79 Å². The Hall–Kier alpha value is -0.750. The van der Waals surface area contributed by atoms with Gasteiger partial charge in [0.2, 0.25) is 0 Å². The van der Waals surface area contributed by atoms with Crippen molar-refractivity contribution in [2.24, 2.45) is 39.4 Å². The smallest absolute Gasteiger partial charge is 0.138 e. The molecule has 0 aromatic heterocycles. The lowest BCUT2D eigenvalue weighted by Crippen LogP contribution is -2.65. The van der Waals surface area contributed by atoms with Crippen molar-refractivity contribution in [3.05, 3.63) is 11.1 Å². The third kappa shape index (κ3) is 3.82. The first-order valence-corrected chi connectivity index (χ1v) is 13.9. The summed E-state index contributed by atoms with van der Waals surface area (Å²) in [6.07, 6.45) is 3.96. The largest absolute Gasteiger partial charge is 0.392 e. The highest BCUT2D eigenvalue weighted by atomic mass is 16.4. The molecule has 200 valence electrons. The Morgan fingerprint density at radius 3 is 2.26 bits per heavy atom. The van der Waals surface area contributed by atoms with Crippen LogP contribution in [0.15, 0.2) is 11.1 Å². The molecule has 0 unspecified atom stereocenters. The van der Waals surface area contributed by atoms with E-state index in [9.17, 15) is 25.2 Å². The number of fused-ring (bicyclic) bond motifs is 5. The van der Waals surface area contributed by atoms with Crippen LogP contribution in [0.1, 0.15) is 107 Å². The van der Waals surface area contributed by atoms with E-state index in [4.69, 9.17) is 0 Å². The minimum absolute atomic E-state index is 0.0140. The van der Waals surface area contributed by atoms with E-state index in [0.29, 0.717) is 31.0 Å². The molecule has 5 nitrogen and oxygen atoms in total. The summed E-state index contributed by atoms with van der Waals surface area (Å²) >= 11 is 0. The van der Waals surface area contributed by atoms with Gasteiger partial charge in [-0.05, 0) is 92.8 Å². The molecule has 0 saturated heterocycles. The second kappa shape index (κ2) is 8.38. The molecule has 0 aromatic carbocycles. The molecule has 3 fully saturated rings. The number of ketones is 1. The van der Waals surface area contributed by atoms with E-state index in [-0.39, 0.29) is 33.5 Å². The summed E-state index contributed by atoms with van der Waals surface area (Å²) in [5, 5.41) is 43.0. The fraction of sp³-hybridized carbons (Fsp3) is 0.900. The Morgan fingerprint density at radius 2 is 1.66 bits per heavy atom. The molecule has 5 heteroatoms. The van der Waals surface area contributed by atoms with Crippen molar-refractivity contribution in [2.75, 3.05) is 0 Å². The predicted molar refractivity (Wildman–Crippen MR) is 138 cm³/mol. The molecule has 0 bridgehead atoms. The Kier molecular flexibility index (Phi) is 6.53. The standard InChI is InChI=1S/C30H50O5/c1-17(15-21(32)25(34)27(4,5)35)18-9-13-29(7)19(18)16-20(31)24-28(6)12-11-23(33)26(2,3)22(28)10-14-30(24,29)8/h17,20-22,24-25,31-32,34-35H,9-16H2,1-8H3/t17-,20+,21-,22+,24+,25+,28+,29+,30+/m1/s1. The maximum Gasteiger partial charge on any atom is 0.138 e. The van der Waals surface area contributed by atoms with Gasteiger partial charge in [-0.3, -0.25) is 4.79 Å². The number of carbonyl (C=O) groups excluding carboxylic acids is 1. The van der Waals surface area contributed by atoms with E-state index in [1.807, 2.05) is 0 Å². The minimum atomic E-state index is -1.36. The fourth-order valence-corrected chi connectivity index (χ4v) is 9.77. The lowest BCUT2D eigenvalue weighted by molar-refractivity contribution is -0.208. The fourth-order valence-electron chi connectivity index (χ4n) is 9.77. The van der Waals surface area contributed by atoms with E-state index < -0.39 is 23.9 Å². The van der Waals surface area contributed by atoms with E-state index in [2.05, 4.69) is 41.5 Å². The summed E-state index contributed by atoms with van der Waals surface area (Å²) in [4.78, 5) is 12.9. The summed E-state index contributed by atoms with van der Waals surface area (Å²) in [6.45, 7) is 16.6. The molecule has 0 aromatic rings. The molecule has 0 amide bonds. The first-order chi connectivity index (χ1) is 15.9. The maximum atomic E-state index is 12.9. The molecule has 9 atom stereocenters. The third-order valence-electron chi connectivity index (χ3n) is 11.9. The first kappa shape index (κ1) is 27.3. The van der Waals surface area contributed by atoms with Gasteiger partial charge in [0.1, 0.15) is 11.9 Å². The number of Topliss-reactive ketones (excluding diaryl/α,β-unsaturated/α-hetero) is 1. The van der Waals surface area contributed by atoms with Crippen LogP contribution in [0.2, 0.25) is 0 Å². The van der Waals surface area contributed by atoms with Crippen LogP contribution in [-0.4, -0.2) is 50.1 Å². The zero-order valence-electron chi connectivity index (χ0n) is 23.3. The molecule has 0 heterocycles. The molecule has 35 heavy (non-hydrogen) atoms. The van der Waals surface area contributed by atoms with Crippen molar-refractivity contribution in [3.63, 3.8) is 0 Å². The van der Waals surface area contributed by atoms with Crippen LogP contribution in [0.5, 0.6) is 0 Å². The summed E-state index contributed by atoms with van der Waals surface area (Å²) in [5.41, 5.74) is 0.895. The highest BCUT2D eigenvalue weighted by molar-refractivity contribution is 5.85. The van der Waals surface area contributed by atoms with E-state index >= 15 is 0 Å². The van der Waals surface area contributed by atoms with Gasteiger partial charge in [0, 0.05) is 11.8 Å². The quantitative estimate of drug-likeness (QED) is 0.415. The van der Waals surface area contributed by atoms with Crippen molar-refractivity contribution in [2.45, 2.75) is 131 Å². The summed E-state index contributed by atoms with van der Waals surface area (Å²) in [5.74, 6) is 0.914. The highest BCUT2D eigenvalue weighted by Gasteiger charge is 2.69. The molecule has 4 rings (SSSR count). The second-order valence-corrected chi connectivity index (χ2v) is 14.5. The predicted octanol–water partition coefficient (Wildman–Crippen LogP) is 4.79. The lowest BCUT2D eigenvalue weighted by atomic mass is 9.36. The number of aliphatic hydroxyl groups is 4. The molecule has 3 saturated carbocycles. The van der Waals surface area contributed by atoms with Gasteiger partial charge in [-0.15, -0.1) is 0 Å². The number of aliphatic hydroxyl groups excluding tert-OH is 3.